The fourth-order valence-corrected chi connectivity index (χ4v) is 3.00. The maximum absolute atomic E-state index is 5.89. The molecule has 0 radical (unpaired) electrons. The van der Waals surface area contributed by atoms with Crippen molar-refractivity contribution in [2.45, 2.75) is 13.2 Å². The van der Waals surface area contributed by atoms with Gasteiger partial charge < -0.3 is 10.1 Å². The molecule has 1 aromatic heterocycles. The highest BCUT2D eigenvalue weighted by Gasteiger charge is 2.05. The number of hydrogen-bond acceptors (Lipinski definition) is 3. The van der Waals surface area contributed by atoms with Gasteiger partial charge in [-0.05, 0) is 37.4 Å². The van der Waals surface area contributed by atoms with Crippen LogP contribution in [-0.4, -0.2) is 7.05 Å². The normalized spacial score (nSPS) is 10.6. The van der Waals surface area contributed by atoms with Crippen LogP contribution in [0.25, 0.3) is 0 Å². The van der Waals surface area contributed by atoms with Gasteiger partial charge in [-0.15, -0.1) is 11.3 Å². The Kier molecular flexibility index (Phi) is 5.06. The average molecular weight is 347 g/mol. The quantitative estimate of drug-likeness (QED) is 0.863. The van der Waals surface area contributed by atoms with Gasteiger partial charge in [-0.3, -0.25) is 0 Å². The van der Waals surface area contributed by atoms with E-state index in [0.717, 1.165) is 31.5 Å². The number of benzene rings is 1. The lowest BCUT2D eigenvalue weighted by Crippen LogP contribution is -2.07. The summed E-state index contributed by atoms with van der Waals surface area (Å²) < 4.78 is 7.68. The Balaban J connectivity index is 2.08. The molecule has 2 aromatic rings. The zero-order valence-electron chi connectivity index (χ0n) is 9.87. The van der Waals surface area contributed by atoms with Gasteiger partial charge in [-0.2, -0.15) is 0 Å². The van der Waals surface area contributed by atoms with Gasteiger partial charge in [0, 0.05) is 21.5 Å². The van der Waals surface area contributed by atoms with Crippen LogP contribution in [0.4, 0.5) is 0 Å². The minimum absolute atomic E-state index is 0.551. The van der Waals surface area contributed by atoms with Gasteiger partial charge in [0.2, 0.25) is 0 Å². The van der Waals surface area contributed by atoms with Gasteiger partial charge in [0.25, 0.3) is 0 Å². The van der Waals surface area contributed by atoms with E-state index >= 15 is 0 Å². The van der Waals surface area contributed by atoms with Crippen molar-refractivity contribution < 1.29 is 4.74 Å². The summed E-state index contributed by atoms with van der Waals surface area (Å²) in [4.78, 5) is 1.12. The molecule has 0 aliphatic carbocycles. The lowest BCUT2D eigenvalue weighted by atomic mass is 10.2. The first kappa shape index (κ1) is 13.9. The van der Waals surface area contributed by atoms with E-state index in [1.165, 1.54) is 0 Å². The molecule has 0 fully saturated rings. The van der Waals surface area contributed by atoms with Gasteiger partial charge >= 0.3 is 0 Å². The fraction of sp³-hybridized carbons (Fsp3) is 0.231. The molecule has 0 aliphatic heterocycles. The monoisotopic (exact) mass is 345 g/mol. The first-order chi connectivity index (χ1) is 8.69. The summed E-state index contributed by atoms with van der Waals surface area (Å²) in [6, 6.07) is 9.90. The van der Waals surface area contributed by atoms with Crippen molar-refractivity contribution in [3.05, 3.63) is 49.6 Å². The third-order valence-electron chi connectivity index (χ3n) is 2.39. The number of nitrogens with one attached hydrogen (secondary N) is 1. The molecule has 0 spiro atoms. The number of thiophene rings is 1. The molecule has 5 heteroatoms. The Hall–Kier alpha value is -0.550. The molecule has 1 aromatic carbocycles. The van der Waals surface area contributed by atoms with E-state index < -0.39 is 0 Å². The summed E-state index contributed by atoms with van der Waals surface area (Å²) in [7, 11) is 1.92. The predicted octanol–water partition coefficient (Wildman–Crippen LogP) is 4.46. The van der Waals surface area contributed by atoms with Crippen LogP contribution in [0.15, 0.2) is 34.8 Å². The first-order valence-corrected chi connectivity index (χ1v) is 7.48. The molecule has 2 nitrogen and oxygen atoms in total. The molecule has 0 saturated heterocycles. The summed E-state index contributed by atoms with van der Waals surface area (Å²) in [5.41, 5.74) is 1.13. The molecule has 18 heavy (non-hydrogen) atoms. The minimum atomic E-state index is 0.551. The van der Waals surface area contributed by atoms with Crippen molar-refractivity contribution in [1.82, 2.24) is 5.32 Å². The highest BCUT2D eigenvalue weighted by atomic mass is 79.9. The van der Waals surface area contributed by atoms with Crippen molar-refractivity contribution in [2.24, 2.45) is 0 Å². The van der Waals surface area contributed by atoms with Crippen LogP contribution >= 0.6 is 38.9 Å². The highest BCUT2D eigenvalue weighted by Crippen LogP contribution is 2.26. The maximum atomic E-state index is 5.89. The van der Waals surface area contributed by atoms with Crippen LogP contribution < -0.4 is 10.1 Å². The molecule has 1 heterocycles. The van der Waals surface area contributed by atoms with E-state index in [1.54, 1.807) is 11.3 Å². The zero-order chi connectivity index (χ0) is 13.0. The fourth-order valence-electron chi connectivity index (χ4n) is 1.60. The second-order valence-corrected chi connectivity index (χ2v) is 6.49. The Labute approximate surface area is 124 Å². The number of hydrogen-bond donors (Lipinski definition) is 1. The van der Waals surface area contributed by atoms with Crippen LogP contribution in [0.5, 0.6) is 5.75 Å². The average Bonchev–Trinajstić information content (AvgIpc) is 2.75. The highest BCUT2D eigenvalue weighted by molar-refractivity contribution is 9.10. The van der Waals surface area contributed by atoms with Crippen LogP contribution in [0, 0.1) is 0 Å². The molecule has 96 valence electrons. The lowest BCUT2D eigenvalue weighted by Gasteiger charge is -2.11. The third-order valence-corrected chi connectivity index (χ3v) is 4.09. The van der Waals surface area contributed by atoms with Crippen LogP contribution in [-0.2, 0) is 13.2 Å². The van der Waals surface area contributed by atoms with Crippen molar-refractivity contribution in [3.63, 3.8) is 0 Å². The molecule has 0 unspecified atom stereocenters. The number of rotatable bonds is 5. The van der Waals surface area contributed by atoms with Crippen LogP contribution in [0.1, 0.15) is 10.4 Å². The zero-order valence-corrected chi connectivity index (χ0v) is 13.0. The SMILES string of the molecule is CNCc1cc(Br)ccc1OCc1ccc(Cl)s1. The van der Waals surface area contributed by atoms with Gasteiger partial charge in [0.15, 0.2) is 0 Å². The predicted molar refractivity (Wildman–Crippen MR) is 80.6 cm³/mol. The van der Waals surface area contributed by atoms with Crippen LogP contribution in [0.2, 0.25) is 4.34 Å². The van der Waals surface area contributed by atoms with E-state index in [4.69, 9.17) is 16.3 Å². The molecule has 0 atom stereocenters. The Morgan fingerprint density at radius 3 is 2.83 bits per heavy atom. The van der Waals surface area contributed by atoms with E-state index in [-0.39, 0.29) is 0 Å². The standard InChI is InChI=1S/C13H13BrClNOS/c1-16-7-9-6-10(14)2-4-12(9)17-8-11-3-5-13(15)18-11/h2-6,16H,7-8H2,1H3. The molecule has 0 bridgehead atoms. The van der Waals surface area contributed by atoms with Gasteiger partial charge in [-0.1, -0.05) is 27.5 Å². The smallest absolute Gasteiger partial charge is 0.124 e. The second-order valence-electron chi connectivity index (χ2n) is 3.78. The molecule has 0 saturated carbocycles. The summed E-state index contributed by atoms with van der Waals surface area (Å²) in [6.07, 6.45) is 0. The largest absolute Gasteiger partial charge is 0.488 e. The second kappa shape index (κ2) is 6.57. The minimum Gasteiger partial charge on any atom is -0.488 e. The maximum Gasteiger partial charge on any atom is 0.124 e. The topological polar surface area (TPSA) is 21.3 Å². The lowest BCUT2D eigenvalue weighted by molar-refractivity contribution is 0.306. The van der Waals surface area contributed by atoms with Crippen molar-refractivity contribution in [3.8, 4) is 5.75 Å². The summed E-state index contributed by atoms with van der Waals surface area (Å²) in [5, 5.41) is 3.13. The summed E-state index contributed by atoms with van der Waals surface area (Å²) >= 11 is 10.9. The van der Waals surface area contributed by atoms with Gasteiger partial charge in [0.1, 0.15) is 12.4 Å². The van der Waals surface area contributed by atoms with Gasteiger partial charge in [-0.25, -0.2) is 0 Å². The third kappa shape index (κ3) is 3.72. The number of halogens is 2. The molecular weight excluding hydrogens is 334 g/mol. The Morgan fingerprint density at radius 2 is 2.17 bits per heavy atom. The molecule has 0 amide bonds. The van der Waals surface area contributed by atoms with E-state index in [9.17, 15) is 0 Å². The van der Waals surface area contributed by atoms with E-state index in [0.29, 0.717) is 6.61 Å². The van der Waals surface area contributed by atoms with E-state index in [1.807, 2.05) is 31.3 Å². The van der Waals surface area contributed by atoms with E-state index in [2.05, 4.69) is 27.3 Å². The summed E-state index contributed by atoms with van der Waals surface area (Å²) in [5.74, 6) is 0.900. The van der Waals surface area contributed by atoms with Crippen LogP contribution in [0.3, 0.4) is 0 Å². The Morgan fingerprint density at radius 1 is 1.33 bits per heavy atom. The molecule has 1 N–H and O–H groups in total. The number of ether oxygens (including phenoxy) is 1. The first-order valence-electron chi connectivity index (χ1n) is 5.49. The Bertz CT molecular complexity index is 529. The van der Waals surface area contributed by atoms with Gasteiger partial charge in [0.05, 0.1) is 4.34 Å². The van der Waals surface area contributed by atoms with Crippen molar-refractivity contribution in [2.75, 3.05) is 7.05 Å². The van der Waals surface area contributed by atoms with Crippen molar-refractivity contribution >= 4 is 38.9 Å². The molecule has 0 aliphatic rings. The van der Waals surface area contributed by atoms with Crippen molar-refractivity contribution in [1.29, 1.82) is 0 Å². The molecular formula is C13H13BrClNOS. The molecule has 2 rings (SSSR count). The summed E-state index contributed by atoms with van der Waals surface area (Å²) in [6.45, 7) is 1.33.